The molecule has 2 aromatic rings. The summed E-state index contributed by atoms with van der Waals surface area (Å²) in [6, 6.07) is 3.56. The van der Waals surface area contributed by atoms with Crippen LogP contribution >= 0.6 is 0 Å². The van der Waals surface area contributed by atoms with Gasteiger partial charge in [-0.05, 0) is 25.7 Å². The molecule has 0 aliphatic carbocycles. The van der Waals surface area contributed by atoms with Gasteiger partial charge in [0.05, 0.1) is 0 Å². The van der Waals surface area contributed by atoms with Crippen LogP contribution in [0.4, 0.5) is 5.82 Å². The van der Waals surface area contributed by atoms with Crippen molar-refractivity contribution >= 4 is 11.5 Å². The molecule has 3 N–H and O–H groups in total. The lowest BCUT2D eigenvalue weighted by Crippen LogP contribution is -2.43. The molecule has 2 aromatic heterocycles. The van der Waals surface area contributed by atoms with Crippen molar-refractivity contribution in [3.05, 3.63) is 22.9 Å². The van der Waals surface area contributed by atoms with E-state index in [0.717, 1.165) is 18.7 Å². The predicted octanol–water partition coefficient (Wildman–Crippen LogP) is 0.112. The molecule has 100 valence electrons. The number of anilines is 1. The number of aromatic amines is 1. The molecule has 7 heteroatoms. The Bertz CT molecular complexity index is 650. The van der Waals surface area contributed by atoms with Crippen molar-refractivity contribution in [3.8, 4) is 0 Å². The largest absolute Gasteiger partial charge is 0.367 e. The molecule has 2 unspecified atom stereocenters. The number of hydrogen-bond acceptors (Lipinski definition) is 5. The zero-order valence-electron chi connectivity index (χ0n) is 10.5. The number of rotatable bonds is 2. The van der Waals surface area contributed by atoms with Gasteiger partial charge in [-0.15, -0.1) is 0 Å². The van der Waals surface area contributed by atoms with E-state index in [0.29, 0.717) is 23.8 Å². The van der Waals surface area contributed by atoms with Gasteiger partial charge in [0.25, 0.3) is 0 Å². The van der Waals surface area contributed by atoms with Crippen LogP contribution in [0, 0.1) is 0 Å². The van der Waals surface area contributed by atoms with Crippen molar-refractivity contribution in [2.75, 3.05) is 5.32 Å². The third-order valence-corrected chi connectivity index (χ3v) is 4.13. The van der Waals surface area contributed by atoms with Crippen LogP contribution < -0.4 is 16.3 Å². The number of nitrogens with one attached hydrogen (secondary N) is 3. The highest BCUT2D eigenvalue weighted by Crippen LogP contribution is 2.28. The number of H-pyrrole nitrogens is 1. The van der Waals surface area contributed by atoms with Gasteiger partial charge < -0.3 is 10.6 Å². The first-order valence-corrected chi connectivity index (χ1v) is 6.73. The summed E-state index contributed by atoms with van der Waals surface area (Å²) in [6.45, 7) is 0. The Morgan fingerprint density at radius 2 is 2.11 bits per heavy atom. The molecule has 2 aliphatic rings. The van der Waals surface area contributed by atoms with E-state index in [-0.39, 0.29) is 5.69 Å². The maximum Gasteiger partial charge on any atom is 0.348 e. The minimum Gasteiger partial charge on any atom is -0.367 e. The molecule has 2 saturated heterocycles. The van der Waals surface area contributed by atoms with Crippen molar-refractivity contribution in [1.29, 1.82) is 0 Å². The summed E-state index contributed by atoms with van der Waals surface area (Å²) in [5.74, 6) is 0.790. The lowest BCUT2D eigenvalue weighted by atomic mass is 10.00. The summed E-state index contributed by atoms with van der Waals surface area (Å²) in [4.78, 5) is 15.6. The van der Waals surface area contributed by atoms with E-state index in [9.17, 15) is 4.79 Å². The van der Waals surface area contributed by atoms with Crippen LogP contribution in [-0.2, 0) is 0 Å². The second-order valence-electron chi connectivity index (χ2n) is 5.48. The van der Waals surface area contributed by atoms with Crippen LogP contribution in [-0.4, -0.2) is 37.7 Å². The van der Waals surface area contributed by atoms with Crippen LogP contribution in [0.2, 0.25) is 0 Å². The zero-order chi connectivity index (χ0) is 12.8. The monoisotopic (exact) mass is 260 g/mol. The molecule has 0 saturated carbocycles. The van der Waals surface area contributed by atoms with Crippen LogP contribution in [0.3, 0.4) is 0 Å². The van der Waals surface area contributed by atoms with Gasteiger partial charge in [-0.1, -0.05) is 0 Å². The van der Waals surface area contributed by atoms with E-state index in [1.807, 2.05) is 6.07 Å². The Morgan fingerprint density at radius 1 is 1.32 bits per heavy atom. The average Bonchev–Trinajstić information content (AvgIpc) is 2.93. The minimum absolute atomic E-state index is 0.256. The number of aromatic nitrogens is 4. The molecule has 0 spiro atoms. The standard InChI is InChI=1S/C12H16N6O/c19-12-17-16-11-5-10(13-6-18(11)12)15-9-3-7-1-2-8(4-9)14-7/h5-9,14-15H,1-4H2,(H,17,19). The van der Waals surface area contributed by atoms with E-state index in [4.69, 9.17) is 0 Å². The zero-order valence-corrected chi connectivity index (χ0v) is 10.5. The first-order chi connectivity index (χ1) is 9.28. The summed E-state index contributed by atoms with van der Waals surface area (Å²) >= 11 is 0. The Kier molecular flexibility index (Phi) is 2.34. The number of piperidine rings is 1. The van der Waals surface area contributed by atoms with Gasteiger partial charge in [-0.2, -0.15) is 5.10 Å². The summed E-state index contributed by atoms with van der Waals surface area (Å²) in [7, 11) is 0. The second kappa shape index (κ2) is 4.06. The molecule has 4 rings (SSSR count). The summed E-state index contributed by atoms with van der Waals surface area (Å²) < 4.78 is 1.40. The Hall–Kier alpha value is -1.89. The number of fused-ring (bicyclic) bond motifs is 3. The van der Waals surface area contributed by atoms with Crippen LogP contribution in [0.1, 0.15) is 25.7 Å². The van der Waals surface area contributed by atoms with E-state index in [1.165, 1.54) is 23.6 Å². The van der Waals surface area contributed by atoms with Crippen LogP contribution in [0.5, 0.6) is 0 Å². The van der Waals surface area contributed by atoms with Gasteiger partial charge in [-0.25, -0.2) is 19.3 Å². The van der Waals surface area contributed by atoms with E-state index in [2.05, 4.69) is 25.8 Å². The molecule has 2 aliphatic heterocycles. The van der Waals surface area contributed by atoms with Crippen molar-refractivity contribution in [1.82, 2.24) is 24.9 Å². The second-order valence-corrected chi connectivity index (χ2v) is 5.48. The Morgan fingerprint density at radius 3 is 2.89 bits per heavy atom. The fourth-order valence-electron chi connectivity index (χ4n) is 3.27. The van der Waals surface area contributed by atoms with Gasteiger partial charge in [0.2, 0.25) is 0 Å². The van der Waals surface area contributed by atoms with Crippen molar-refractivity contribution in [2.45, 2.75) is 43.8 Å². The predicted molar refractivity (Wildman–Crippen MR) is 70.2 cm³/mol. The molecular formula is C12H16N6O. The molecule has 4 heterocycles. The third-order valence-electron chi connectivity index (χ3n) is 4.13. The molecule has 19 heavy (non-hydrogen) atoms. The molecular weight excluding hydrogens is 244 g/mol. The fourth-order valence-corrected chi connectivity index (χ4v) is 3.27. The van der Waals surface area contributed by atoms with E-state index < -0.39 is 0 Å². The SMILES string of the molecule is O=c1[nH]nc2cc(NC3CC4CCC(C3)N4)ncn12. The van der Waals surface area contributed by atoms with E-state index in [1.54, 1.807) is 0 Å². The molecule has 0 amide bonds. The van der Waals surface area contributed by atoms with Crippen LogP contribution in [0.25, 0.3) is 5.65 Å². The normalized spacial score (nSPS) is 29.8. The topological polar surface area (TPSA) is 87.1 Å². The highest BCUT2D eigenvalue weighted by Gasteiger charge is 2.33. The fraction of sp³-hybridized carbons (Fsp3) is 0.583. The highest BCUT2D eigenvalue weighted by molar-refractivity contribution is 5.48. The van der Waals surface area contributed by atoms with Gasteiger partial charge in [0.1, 0.15) is 12.1 Å². The van der Waals surface area contributed by atoms with Crippen LogP contribution in [0.15, 0.2) is 17.2 Å². The first kappa shape index (κ1) is 11.0. The molecule has 2 bridgehead atoms. The molecule has 2 fully saturated rings. The molecule has 2 atom stereocenters. The van der Waals surface area contributed by atoms with Crippen molar-refractivity contribution in [3.63, 3.8) is 0 Å². The lowest BCUT2D eigenvalue weighted by Gasteiger charge is -2.29. The highest BCUT2D eigenvalue weighted by atomic mass is 16.1. The van der Waals surface area contributed by atoms with E-state index >= 15 is 0 Å². The maximum atomic E-state index is 11.4. The van der Waals surface area contributed by atoms with Gasteiger partial charge in [-0.3, -0.25) is 0 Å². The number of nitrogens with zero attached hydrogens (tertiary/aromatic N) is 3. The van der Waals surface area contributed by atoms with Gasteiger partial charge >= 0.3 is 5.69 Å². The molecule has 0 aromatic carbocycles. The smallest absolute Gasteiger partial charge is 0.348 e. The molecule has 7 nitrogen and oxygen atoms in total. The van der Waals surface area contributed by atoms with Crippen molar-refractivity contribution in [2.24, 2.45) is 0 Å². The minimum atomic E-state index is -0.256. The Balaban J connectivity index is 1.56. The summed E-state index contributed by atoms with van der Waals surface area (Å²) in [5, 5.41) is 13.4. The van der Waals surface area contributed by atoms with Crippen molar-refractivity contribution < 1.29 is 0 Å². The summed E-state index contributed by atoms with van der Waals surface area (Å²) in [6.07, 6.45) is 6.35. The van der Waals surface area contributed by atoms with Gasteiger partial charge in [0, 0.05) is 24.2 Å². The summed E-state index contributed by atoms with van der Waals surface area (Å²) in [5.41, 5.74) is 0.341. The quantitative estimate of drug-likeness (QED) is 0.713. The third kappa shape index (κ3) is 1.90. The Labute approximate surface area is 109 Å². The maximum absolute atomic E-state index is 11.4. The first-order valence-electron chi connectivity index (χ1n) is 6.73. The van der Waals surface area contributed by atoms with Gasteiger partial charge in [0.15, 0.2) is 5.65 Å². The lowest BCUT2D eigenvalue weighted by molar-refractivity contribution is 0.377. The average molecular weight is 260 g/mol. The molecule has 0 radical (unpaired) electrons. The number of hydrogen-bond donors (Lipinski definition) is 3.